The molecule has 1 aromatic carbocycles. The number of aliphatic hydroxyl groups is 1. The second kappa shape index (κ2) is 8.35. The van der Waals surface area contributed by atoms with Gasteiger partial charge in [0, 0.05) is 24.7 Å². The van der Waals surface area contributed by atoms with Gasteiger partial charge in [-0.3, -0.25) is 0 Å². The maximum Gasteiger partial charge on any atom is 0.127 e. The van der Waals surface area contributed by atoms with Gasteiger partial charge in [-0.1, -0.05) is 32.0 Å². The van der Waals surface area contributed by atoms with Gasteiger partial charge in [-0.15, -0.1) is 0 Å². The highest BCUT2D eigenvalue weighted by molar-refractivity contribution is 5.22. The summed E-state index contributed by atoms with van der Waals surface area (Å²) in [5, 5.41) is 12.8. The Kier molecular flexibility index (Phi) is 7.13. The first-order valence-corrected chi connectivity index (χ1v) is 7.30. The zero-order valence-corrected chi connectivity index (χ0v) is 12.9. The predicted molar refractivity (Wildman–Crippen MR) is 81.2 cm³/mol. The van der Waals surface area contributed by atoms with Gasteiger partial charge in [0.25, 0.3) is 0 Å². The molecule has 0 saturated carbocycles. The van der Waals surface area contributed by atoms with Crippen LogP contribution in [0, 0.1) is 11.7 Å². The Hall–Kier alpha value is -0.970. The average Bonchev–Trinajstić information content (AvgIpc) is 2.35. The molecule has 20 heavy (non-hydrogen) atoms. The molecule has 0 aliphatic rings. The van der Waals surface area contributed by atoms with Crippen molar-refractivity contribution < 1.29 is 9.50 Å². The molecule has 0 aliphatic carbocycles. The Balaban J connectivity index is 2.78. The van der Waals surface area contributed by atoms with E-state index in [1.165, 1.54) is 6.07 Å². The highest BCUT2D eigenvalue weighted by Gasteiger charge is 2.22. The molecule has 0 saturated heterocycles. The Morgan fingerprint density at radius 2 is 1.90 bits per heavy atom. The van der Waals surface area contributed by atoms with Crippen LogP contribution in [0.4, 0.5) is 4.39 Å². The maximum atomic E-state index is 14.0. The normalized spacial score (nSPS) is 16.1. The number of likely N-dealkylation sites (N-methyl/N-ethyl adjacent to an activating group) is 1. The zero-order valence-electron chi connectivity index (χ0n) is 12.9. The van der Waals surface area contributed by atoms with E-state index in [2.05, 4.69) is 17.1 Å². The van der Waals surface area contributed by atoms with Crippen molar-refractivity contribution in [3.63, 3.8) is 0 Å². The van der Waals surface area contributed by atoms with Crippen LogP contribution in [0.3, 0.4) is 0 Å². The number of nitrogens with zero attached hydrogens (tertiary/aromatic N) is 1. The topological polar surface area (TPSA) is 35.5 Å². The Labute approximate surface area is 121 Å². The van der Waals surface area contributed by atoms with Gasteiger partial charge in [-0.2, -0.15) is 0 Å². The van der Waals surface area contributed by atoms with Crippen molar-refractivity contribution in [1.29, 1.82) is 0 Å². The summed E-state index contributed by atoms with van der Waals surface area (Å²) in [5.74, 6) is 0.0825. The summed E-state index contributed by atoms with van der Waals surface area (Å²) < 4.78 is 14.0. The van der Waals surface area contributed by atoms with E-state index in [0.29, 0.717) is 12.1 Å². The minimum Gasteiger partial charge on any atom is -0.392 e. The Bertz CT molecular complexity index is 398. The van der Waals surface area contributed by atoms with Gasteiger partial charge in [0.1, 0.15) is 5.82 Å². The van der Waals surface area contributed by atoms with Gasteiger partial charge < -0.3 is 15.3 Å². The summed E-state index contributed by atoms with van der Waals surface area (Å²) in [7, 11) is 1.98. The third kappa shape index (κ3) is 5.19. The van der Waals surface area contributed by atoms with Crippen LogP contribution in [0.25, 0.3) is 0 Å². The van der Waals surface area contributed by atoms with E-state index in [1.807, 2.05) is 26.1 Å². The lowest BCUT2D eigenvalue weighted by Gasteiger charge is -2.30. The van der Waals surface area contributed by atoms with Crippen molar-refractivity contribution >= 4 is 0 Å². The van der Waals surface area contributed by atoms with Gasteiger partial charge >= 0.3 is 0 Å². The third-order valence-corrected chi connectivity index (χ3v) is 3.41. The average molecular weight is 282 g/mol. The standard InChI is InChI=1S/C16H27FN2O/c1-5-18-16(14-8-6-7-9-15(14)17)12(2)10-19(4)11-13(3)20/h6-9,12-13,16,18,20H,5,10-11H2,1-4H3. The molecule has 4 heteroatoms. The molecule has 0 fully saturated rings. The molecule has 0 amide bonds. The maximum absolute atomic E-state index is 14.0. The molecular formula is C16H27FN2O. The first-order valence-electron chi connectivity index (χ1n) is 7.30. The summed E-state index contributed by atoms with van der Waals surface area (Å²) in [4.78, 5) is 2.08. The number of nitrogens with one attached hydrogen (secondary N) is 1. The van der Waals surface area contributed by atoms with Crippen molar-refractivity contribution in [3.05, 3.63) is 35.6 Å². The second-order valence-corrected chi connectivity index (χ2v) is 5.60. The second-order valence-electron chi connectivity index (χ2n) is 5.60. The molecule has 1 aromatic rings. The predicted octanol–water partition coefficient (Wildman–Crippen LogP) is 2.43. The van der Waals surface area contributed by atoms with Crippen LogP contribution >= 0.6 is 0 Å². The van der Waals surface area contributed by atoms with E-state index in [1.54, 1.807) is 13.0 Å². The first kappa shape index (κ1) is 17.1. The summed E-state index contributed by atoms with van der Waals surface area (Å²) in [6.45, 7) is 8.14. The number of hydrogen-bond donors (Lipinski definition) is 2. The van der Waals surface area contributed by atoms with Crippen LogP contribution in [-0.2, 0) is 0 Å². The SMILES string of the molecule is CCNC(c1ccccc1F)C(C)CN(C)CC(C)O. The monoisotopic (exact) mass is 282 g/mol. The van der Waals surface area contributed by atoms with Gasteiger partial charge in [-0.05, 0) is 32.5 Å². The molecule has 0 bridgehead atoms. The molecule has 3 unspecified atom stereocenters. The van der Waals surface area contributed by atoms with Crippen molar-refractivity contribution in [2.75, 3.05) is 26.7 Å². The first-order chi connectivity index (χ1) is 9.45. The lowest BCUT2D eigenvalue weighted by atomic mass is 9.93. The molecule has 0 aliphatic heterocycles. The molecule has 3 atom stereocenters. The van der Waals surface area contributed by atoms with E-state index in [4.69, 9.17) is 0 Å². The number of hydrogen-bond acceptors (Lipinski definition) is 3. The molecule has 2 N–H and O–H groups in total. The van der Waals surface area contributed by atoms with Gasteiger partial charge in [0.2, 0.25) is 0 Å². The molecule has 0 heterocycles. The van der Waals surface area contributed by atoms with Crippen molar-refractivity contribution in [3.8, 4) is 0 Å². The number of aliphatic hydroxyl groups excluding tert-OH is 1. The number of benzene rings is 1. The summed E-state index contributed by atoms with van der Waals surface area (Å²) in [5.41, 5.74) is 0.715. The summed E-state index contributed by atoms with van der Waals surface area (Å²) in [6, 6.07) is 6.92. The van der Waals surface area contributed by atoms with Crippen molar-refractivity contribution in [1.82, 2.24) is 10.2 Å². The third-order valence-electron chi connectivity index (χ3n) is 3.41. The Morgan fingerprint density at radius 1 is 1.25 bits per heavy atom. The zero-order chi connectivity index (χ0) is 15.1. The molecule has 0 aromatic heterocycles. The van der Waals surface area contributed by atoms with Crippen LogP contribution in [0.2, 0.25) is 0 Å². The van der Waals surface area contributed by atoms with E-state index in [0.717, 1.165) is 13.1 Å². The van der Waals surface area contributed by atoms with E-state index < -0.39 is 0 Å². The lowest BCUT2D eigenvalue weighted by Crippen LogP contribution is -2.37. The van der Waals surface area contributed by atoms with Gasteiger partial charge in [0.15, 0.2) is 0 Å². The number of halogens is 1. The van der Waals surface area contributed by atoms with Crippen molar-refractivity contribution in [2.45, 2.75) is 32.9 Å². The molecule has 114 valence electrons. The minimum absolute atomic E-state index is 0.0161. The highest BCUT2D eigenvalue weighted by Crippen LogP contribution is 2.25. The van der Waals surface area contributed by atoms with Crippen LogP contribution < -0.4 is 5.32 Å². The highest BCUT2D eigenvalue weighted by atomic mass is 19.1. The fraction of sp³-hybridized carbons (Fsp3) is 0.625. The molecule has 1 rings (SSSR count). The van der Waals surface area contributed by atoms with E-state index in [-0.39, 0.29) is 23.9 Å². The Morgan fingerprint density at radius 3 is 2.45 bits per heavy atom. The summed E-state index contributed by atoms with van der Waals surface area (Å²) >= 11 is 0. The van der Waals surface area contributed by atoms with Crippen LogP contribution in [0.15, 0.2) is 24.3 Å². The van der Waals surface area contributed by atoms with Gasteiger partial charge in [0.05, 0.1) is 6.10 Å². The minimum atomic E-state index is -0.349. The smallest absolute Gasteiger partial charge is 0.127 e. The largest absolute Gasteiger partial charge is 0.392 e. The lowest BCUT2D eigenvalue weighted by molar-refractivity contribution is 0.128. The van der Waals surface area contributed by atoms with Crippen molar-refractivity contribution in [2.24, 2.45) is 5.92 Å². The quantitative estimate of drug-likeness (QED) is 0.768. The van der Waals surface area contributed by atoms with Gasteiger partial charge in [-0.25, -0.2) is 4.39 Å². The van der Waals surface area contributed by atoms with E-state index >= 15 is 0 Å². The molecular weight excluding hydrogens is 255 g/mol. The fourth-order valence-electron chi connectivity index (χ4n) is 2.69. The van der Waals surface area contributed by atoms with Crippen LogP contribution in [-0.4, -0.2) is 42.8 Å². The molecule has 0 spiro atoms. The van der Waals surface area contributed by atoms with Crippen LogP contribution in [0.5, 0.6) is 0 Å². The summed E-state index contributed by atoms with van der Waals surface area (Å²) in [6.07, 6.45) is -0.349. The van der Waals surface area contributed by atoms with Crippen LogP contribution in [0.1, 0.15) is 32.4 Å². The molecule has 0 radical (unpaired) electrons. The molecule has 3 nitrogen and oxygen atoms in total. The fourth-order valence-corrected chi connectivity index (χ4v) is 2.69. The van der Waals surface area contributed by atoms with E-state index in [9.17, 15) is 9.50 Å². The number of rotatable bonds is 8.